The van der Waals surface area contributed by atoms with Crippen molar-refractivity contribution in [3.8, 4) is 11.5 Å². The van der Waals surface area contributed by atoms with Gasteiger partial charge in [0.05, 0.1) is 13.2 Å². The van der Waals surface area contributed by atoms with E-state index in [2.05, 4.69) is 29.7 Å². The second kappa shape index (κ2) is 7.11. The number of nitrogens with one attached hydrogen (secondary N) is 2. The summed E-state index contributed by atoms with van der Waals surface area (Å²) >= 11 is 0. The lowest BCUT2D eigenvalue weighted by Gasteiger charge is -2.27. The zero-order valence-electron chi connectivity index (χ0n) is 12.6. The lowest BCUT2D eigenvalue weighted by Crippen LogP contribution is -2.44. The number of morpholine rings is 1. The van der Waals surface area contributed by atoms with E-state index < -0.39 is 0 Å². The molecule has 2 aliphatic heterocycles. The third kappa shape index (κ3) is 4.09. The fourth-order valence-electron chi connectivity index (χ4n) is 2.77. The molecule has 1 aromatic carbocycles. The Bertz CT molecular complexity index is 461. The third-order valence-corrected chi connectivity index (χ3v) is 3.90. The lowest BCUT2D eigenvalue weighted by atomic mass is 10.1. The molecule has 0 radical (unpaired) electrons. The van der Waals surface area contributed by atoms with Gasteiger partial charge in [-0.25, -0.2) is 0 Å². The topological polar surface area (TPSA) is 51.8 Å². The normalized spacial score (nSPS) is 22.8. The van der Waals surface area contributed by atoms with Crippen LogP contribution in [-0.4, -0.2) is 45.1 Å². The fraction of sp³-hybridized carbons (Fsp3) is 0.625. The molecule has 2 unspecified atom stereocenters. The molecule has 1 saturated heterocycles. The number of hydrogen-bond donors (Lipinski definition) is 2. The Hall–Kier alpha value is -1.30. The Labute approximate surface area is 126 Å². The Balaban J connectivity index is 1.47. The van der Waals surface area contributed by atoms with Gasteiger partial charge in [-0.15, -0.1) is 0 Å². The second-order valence-corrected chi connectivity index (χ2v) is 5.72. The van der Waals surface area contributed by atoms with Crippen LogP contribution in [0.4, 0.5) is 0 Å². The number of ether oxygens (including phenoxy) is 3. The molecule has 5 nitrogen and oxygen atoms in total. The predicted molar refractivity (Wildman–Crippen MR) is 81.0 cm³/mol. The van der Waals surface area contributed by atoms with Gasteiger partial charge in [0.25, 0.3) is 0 Å². The first-order chi connectivity index (χ1) is 10.3. The van der Waals surface area contributed by atoms with Gasteiger partial charge in [0.15, 0.2) is 11.5 Å². The molecule has 1 fully saturated rings. The van der Waals surface area contributed by atoms with Crippen LogP contribution >= 0.6 is 0 Å². The minimum absolute atomic E-state index is 0.442. The van der Waals surface area contributed by atoms with E-state index in [4.69, 9.17) is 14.2 Å². The maximum atomic E-state index is 5.61. The highest BCUT2D eigenvalue weighted by molar-refractivity contribution is 5.43. The van der Waals surface area contributed by atoms with Crippen molar-refractivity contribution in [2.75, 3.05) is 33.0 Å². The van der Waals surface area contributed by atoms with Crippen molar-refractivity contribution in [2.24, 2.45) is 0 Å². The predicted octanol–water partition coefficient (Wildman–Crippen LogP) is 1.31. The highest BCUT2D eigenvalue weighted by Crippen LogP contribution is 2.30. The largest absolute Gasteiger partial charge is 0.486 e. The molecule has 0 aliphatic carbocycles. The van der Waals surface area contributed by atoms with Gasteiger partial charge in [-0.2, -0.15) is 0 Å². The van der Waals surface area contributed by atoms with Gasteiger partial charge in [-0.1, -0.05) is 6.07 Å². The maximum absolute atomic E-state index is 5.61. The Morgan fingerprint density at radius 2 is 2.10 bits per heavy atom. The summed E-state index contributed by atoms with van der Waals surface area (Å²) in [6.07, 6.45) is 1.07. The summed E-state index contributed by atoms with van der Waals surface area (Å²) in [7, 11) is 0. The van der Waals surface area contributed by atoms with Crippen LogP contribution in [-0.2, 0) is 11.3 Å². The van der Waals surface area contributed by atoms with E-state index in [9.17, 15) is 0 Å². The third-order valence-electron chi connectivity index (χ3n) is 3.90. The highest BCUT2D eigenvalue weighted by Gasteiger charge is 2.16. The average molecular weight is 292 g/mol. The minimum Gasteiger partial charge on any atom is -0.486 e. The molecule has 2 aliphatic rings. The lowest BCUT2D eigenvalue weighted by molar-refractivity contribution is 0.0712. The van der Waals surface area contributed by atoms with Crippen LogP contribution in [0.15, 0.2) is 18.2 Å². The summed E-state index contributed by atoms with van der Waals surface area (Å²) in [6.45, 7) is 6.93. The first-order valence-corrected chi connectivity index (χ1v) is 7.74. The molecule has 116 valence electrons. The number of rotatable bonds is 5. The molecule has 21 heavy (non-hydrogen) atoms. The van der Waals surface area contributed by atoms with E-state index in [1.54, 1.807) is 0 Å². The van der Waals surface area contributed by atoms with Crippen LogP contribution in [0.25, 0.3) is 0 Å². The summed E-state index contributed by atoms with van der Waals surface area (Å²) in [5, 5.41) is 7.05. The minimum atomic E-state index is 0.442. The van der Waals surface area contributed by atoms with Crippen molar-refractivity contribution in [2.45, 2.75) is 32.0 Å². The summed E-state index contributed by atoms with van der Waals surface area (Å²) < 4.78 is 16.6. The van der Waals surface area contributed by atoms with Crippen molar-refractivity contribution in [3.63, 3.8) is 0 Å². The molecular formula is C16H24N2O3. The van der Waals surface area contributed by atoms with Gasteiger partial charge in [0.2, 0.25) is 0 Å². The molecule has 1 aromatic rings. The number of fused-ring (bicyclic) bond motifs is 1. The Morgan fingerprint density at radius 3 is 2.90 bits per heavy atom. The molecule has 5 heteroatoms. The SMILES string of the molecule is CC(CC1COCCN1)NCc1ccc2c(c1)OCCO2. The van der Waals surface area contributed by atoms with E-state index in [1.165, 1.54) is 5.56 Å². The summed E-state index contributed by atoms with van der Waals surface area (Å²) in [4.78, 5) is 0. The van der Waals surface area contributed by atoms with E-state index in [0.29, 0.717) is 25.3 Å². The van der Waals surface area contributed by atoms with Gasteiger partial charge in [-0.05, 0) is 31.0 Å². The zero-order valence-corrected chi connectivity index (χ0v) is 12.6. The molecule has 2 heterocycles. The molecule has 0 saturated carbocycles. The maximum Gasteiger partial charge on any atom is 0.161 e. The van der Waals surface area contributed by atoms with E-state index in [0.717, 1.165) is 44.2 Å². The van der Waals surface area contributed by atoms with Crippen LogP contribution in [0, 0.1) is 0 Å². The van der Waals surface area contributed by atoms with Crippen LogP contribution in [0.3, 0.4) is 0 Å². The van der Waals surface area contributed by atoms with Crippen molar-refractivity contribution < 1.29 is 14.2 Å². The summed E-state index contributed by atoms with van der Waals surface area (Å²) in [5.74, 6) is 1.71. The highest BCUT2D eigenvalue weighted by atomic mass is 16.6. The van der Waals surface area contributed by atoms with Crippen molar-refractivity contribution >= 4 is 0 Å². The first-order valence-electron chi connectivity index (χ1n) is 7.74. The first kappa shape index (κ1) is 14.6. The fourth-order valence-corrected chi connectivity index (χ4v) is 2.77. The van der Waals surface area contributed by atoms with E-state index >= 15 is 0 Å². The number of hydrogen-bond acceptors (Lipinski definition) is 5. The molecule has 2 atom stereocenters. The zero-order chi connectivity index (χ0) is 14.5. The van der Waals surface area contributed by atoms with Gasteiger partial charge >= 0.3 is 0 Å². The average Bonchev–Trinajstić information content (AvgIpc) is 2.54. The van der Waals surface area contributed by atoms with E-state index in [-0.39, 0.29) is 0 Å². The van der Waals surface area contributed by atoms with Crippen molar-refractivity contribution in [1.82, 2.24) is 10.6 Å². The van der Waals surface area contributed by atoms with E-state index in [1.807, 2.05) is 6.07 Å². The van der Waals surface area contributed by atoms with Gasteiger partial charge in [-0.3, -0.25) is 0 Å². The number of benzene rings is 1. The molecular weight excluding hydrogens is 268 g/mol. The molecule has 0 amide bonds. The summed E-state index contributed by atoms with van der Waals surface area (Å²) in [6, 6.07) is 7.05. The molecule has 3 rings (SSSR count). The van der Waals surface area contributed by atoms with Crippen LogP contribution in [0.2, 0.25) is 0 Å². The molecule has 0 bridgehead atoms. The van der Waals surface area contributed by atoms with Crippen LogP contribution in [0.1, 0.15) is 18.9 Å². The van der Waals surface area contributed by atoms with Crippen molar-refractivity contribution in [1.29, 1.82) is 0 Å². The Morgan fingerprint density at radius 1 is 1.24 bits per heavy atom. The standard InChI is InChI=1S/C16H24N2O3/c1-12(8-14-11-19-5-4-17-14)18-10-13-2-3-15-16(9-13)21-7-6-20-15/h2-3,9,12,14,17-18H,4-8,10-11H2,1H3. The monoisotopic (exact) mass is 292 g/mol. The molecule has 0 spiro atoms. The van der Waals surface area contributed by atoms with Gasteiger partial charge < -0.3 is 24.8 Å². The summed E-state index contributed by atoms with van der Waals surface area (Å²) in [5.41, 5.74) is 1.22. The van der Waals surface area contributed by atoms with Gasteiger partial charge in [0.1, 0.15) is 13.2 Å². The quantitative estimate of drug-likeness (QED) is 0.857. The second-order valence-electron chi connectivity index (χ2n) is 5.72. The molecule has 0 aromatic heterocycles. The smallest absolute Gasteiger partial charge is 0.161 e. The van der Waals surface area contributed by atoms with Crippen LogP contribution in [0.5, 0.6) is 11.5 Å². The van der Waals surface area contributed by atoms with Crippen LogP contribution < -0.4 is 20.1 Å². The van der Waals surface area contributed by atoms with Crippen molar-refractivity contribution in [3.05, 3.63) is 23.8 Å². The Kier molecular flexibility index (Phi) is 4.95. The molecule has 2 N–H and O–H groups in total. The van der Waals surface area contributed by atoms with Gasteiger partial charge in [0, 0.05) is 25.2 Å².